The van der Waals surface area contributed by atoms with Gasteiger partial charge < -0.3 is 4.74 Å². The van der Waals surface area contributed by atoms with E-state index in [1.54, 1.807) is 6.07 Å². The quantitative estimate of drug-likeness (QED) is 0.528. The summed E-state index contributed by atoms with van der Waals surface area (Å²) in [7, 11) is 1.22. The molecule has 6 nitrogen and oxygen atoms in total. The van der Waals surface area contributed by atoms with Crippen molar-refractivity contribution >= 4 is 35.2 Å². The van der Waals surface area contributed by atoms with Crippen molar-refractivity contribution in [2.75, 3.05) is 24.0 Å². The fourth-order valence-corrected chi connectivity index (χ4v) is 5.33. The lowest BCUT2D eigenvalue weighted by molar-refractivity contribution is -0.152. The first kappa shape index (κ1) is 22.4. The molecule has 2 saturated heterocycles. The molecule has 32 heavy (non-hydrogen) atoms. The standard InChI is InChI=1S/C23H22F2N2O4S/c1-31-22(30)23(11-12-32-2)18-17(19(26-23)15-5-3-4-6-16(15)25)20(28)27(21(18)29)14-9-7-13(24)8-10-14/h3-10,17-19,26H,11-12H2,1-2H3/t17-,18+,19-,23-/m1/s1. The van der Waals surface area contributed by atoms with Gasteiger partial charge in [-0.2, -0.15) is 11.8 Å². The van der Waals surface area contributed by atoms with Crippen LogP contribution < -0.4 is 10.2 Å². The predicted octanol–water partition coefficient (Wildman–Crippen LogP) is 3.08. The van der Waals surface area contributed by atoms with Gasteiger partial charge in [0.1, 0.15) is 17.2 Å². The average Bonchev–Trinajstić information content (AvgIpc) is 3.27. The lowest BCUT2D eigenvalue weighted by Gasteiger charge is -2.32. The Morgan fingerprint density at radius 1 is 1.12 bits per heavy atom. The van der Waals surface area contributed by atoms with Crippen molar-refractivity contribution in [3.05, 3.63) is 65.7 Å². The fourth-order valence-electron chi connectivity index (χ4n) is 4.81. The van der Waals surface area contributed by atoms with Crippen LogP contribution in [-0.2, 0) is 19.1 Å². The Morgan fingerprint density at radius 2 is 1.81 bits per heavy atom. The molecule has 2 aliphatic rings. The highest BCUT2D eigenvalue weighted by atomic mass is 32.2. The molecule has 0 spiro atoms. The first-order valence-corrected chi connectivity index (χ1v) is 11.5. The number of fused-ring (bicyclic) bond motifs is 1. The van der Waals surface area contributed by atoms with Crippen molar-refractivity contribution < 1.29 is 27.9 Å². The van der Waals surface area contributed by atoms with Crippen LogP contribution in [0.15, 0.2) is 48.5 Å². The number of thioether (sulfide) groups is 1. The number of rotatable bonds is 6. The van der Waals surface area contributed by atoms with Crippen molar-refractivity contribution in [2.24, 2.45) is 11.8 Å². The van der Waals surface area contributed by atoms with Crippen molar-refractivity contribution in [3.8, 4) is 0 Å². The lowest BCUT2D eigenvalue weighted by Crippen LogP contribution is -2.56. The molecule has 2 fully saturated rings. The van der Waals surface area contributed by atoms with Crippen LogP contribution >= 0.6 is 11.8 Å². The van der Waals surface area contributed by atoms with Crippen LogP contribution in [0.4, 0.5) is 14.5 Å². The second kappa shape index (κ2) is 8.63. The first-order valence-electron chi connectivity index (χ1n) is 10.1. The number of imide groups is 1. The number of amides is 2. The molecule has 4 rings (SSSR count). The van der Waals surface area contributed by atoms with Crippen molar-refractivity contribution in [1.29, 1.82) is 0 Å². The summed E-state index contributed by atoms with van der Waals surface area (Å²) in [6.07, 6.45) is 2.07. The molecule has 2 heterocycles. The maximum atomic E-state index is 14.8. The molecule has 0 aliphatic carbocycles. The predicted molar refractivity (Wildman–Crippen MR) is 116 cm³/mol. The van der Waals surface area contributed by atoms with Gasteiger partial charge in [0.15, 0.2) is 0 Å². The molecule has 0 aromatic heterocycles. The Labute approximate surface area is 188 Å². The van der Waals surface area contributed by atoms with Gasteiger partial charge in [-0.25, -0.2) is 13.7 Å². The van der Waals surface area contributed by atoms with Gasteiger partial charge in [0, 0.05) is 11.6 Å². The second-order valence-electron chi connectivity index (χ2n) is 7.84. The van der Waals surface area contributed by atoms with Gasteiger partial charge in [-0.3, -0.25) is 19.7 Å². The molecule has 2 amide bonds. The number of carbonyl (C=O) groups excluding carboxylic acids is 3. The number of nitrogens with zero attached hydrogens (tertiary/aromatic N) is 1. The highest BCUT2D eigenvalue weighted by molar-refractivity contribution is 7.98. The smallest absolute Gasteiger partial charge is 0.326 e. The molecule has 0 bridgehead atoms. The van der Waals surface area contributed by atoms with E-state index >= 15 is 0 Å². The topological polar surface area (TPSA) is 75.7 Å². The maximum Gasteiger partial charge on any atom is 0.326 e. The van der Waals surface area contributed by atoms with Gasteiger partial charge in [-0.05, 0) is 48.8 Å². The van der Waals surface area contributed by atoms with E-state index in [0.29, 0.717) is 5.75 Å². The summed E-state index contributed by atoms with van der Waals surface area (Å²) in [6, 6.07) is 10.0. The number of benzene rings is 2. The summed E-state index contributed by atoms with van der Waals surface area (Å²) >= 11 is 1.48. The summed E-state index contributed by atoms with van der Waals surface area (Å²) in [4.78, 5) is 41.2. The van der Waals surface area contributed by atoms with Crippen LogP contribution in [0.25, 0.3) is 0 Å². The third-order valence-electron chi connectivity index (χ3n) is 6.23. The molecule has 4 atom stereocenters. The lowest BCUT2D eigenvalue weighted by atomic mass is 9.78. The van der Waals surface area contributed by atoms with Crippen molar-refractivity contribution in [2.45, 2.75) is 18.0 Å². The maximum absolute atomic E-state index is 14.8. The number of hydrogen-bond donors (Lipinski definition) is 1. The van der Waals surface area contributed by atoms with E-state index in [-0.39, 0.29) is 17.7 Å². The van der Waals surface area contributed by atoms with Crippen LogP contribution in [0.2, 0.25) is 0 Å². The van der Waals surface area contributed by atoms with E-state index < -0.39 is 52.8 Å². The molecule has 0 unspecified atom stereocenters. The third kappa shape index (κ3) is 3.40. The number of ether oxygens (including phenoxy) is 1. The number of methoxy groups -OCH3 is 1. The molecule has 0 saturated carbocycles. The summed E-state index contributed by atoms with van der Waals surface area (Å²) in [6.45, 7) is 0. The zero-order valence-corrected chi connectivity index (χ0v) is 18.3. The van der Waals surface area contributed by atoms with E-state index in [9.17, 15) is 23.2 Å². The Bertz CT molecular complexity index is 1060. The normalized spacial score (nSPS) is 27.0. The summed E-state index contributed by atoms with van der Waals surface area (Å²) in [5.41, 5.74) is -1.11. The molecule has 1 N–H and O–H groups in total. The summed E-state index contributed by atoms with van der Waals surface area (Å²) in [5.74, 6) is -4.51. The molecule has 2 aromatic carbocycles. The number of carbonyl (C=O) groups is 3. The largest absolute Gasteiger partial charge is 0.468 e. The average molecular weight is 461 g/mol. The van der Waals surface area contributed by atoms with Crippen molar-refractivity contribution in [1.82, 2.24) is 5.32 Å². The van der Waals surface area contributed by atoms with Gasteiger partial charge in [-0.1, -0.05) is 18.2 Å². The summed E-state index contributed by atoms with van der Waals surface area (Å²) < 4.78 is 33.3. The Kier molecular flexibility index (Phi) is 6.05. The molecule has 2 aliphatic heterocycles. The number of hydrogen-bond acceptors (Lipinski definition) is 6. The van der Waals surface area contributed by atoms with E-state index in [1.165, 1.54) is 49.2 Å². The number of esters is 1. The van der Waals surface area contributed by atoms with Crippen LogP contribution in [0.1, 0.15) is 18.0 Å². The minimum atomic E-state index is -1.50. The molecule has 168 valence electrons. The molecular weight excluding hydrogens is 438 g/mol. The molecule has 9 heteroatoms. The zero-order chi connectivity index (χ0) is 23.0. The monoisotopic (exact) mass is 460 g/mol. The number of anilines is 1. The van der Waals surface area contributed by atoms with Crippen LogP contribution in [0, 0.1) is 23.5 Å². The molecular formula is C23H22F2N2O4S. The second-order valence-corrected chi connectivity index (χ2v) is 8.83. The highest BCUT2D eigenvalue weighted by Crippen LogP contribution is 2.51. The van der Waals surface area contributed by atoms with E-state index in [4.69, 9.17) is 4.74 Å². The van der Waals surface area contributed by atoms with E-state index in [0.717, 1.165) is 17.0 Å². The van der Waals surface area contributed by atoms with E-state index in [2.05, 4.69) is 5.32 Å². The van der Waals surface area contributed by atoms with Gasteiger partial charge in [0.05, 0.1) is 24.6 Å². The molecule has 2 aromatic rings. The minimum Gasteiger partial charge on any atom is -0.468 e. The number of halogens is 2. The summed E-state index contributed by atoms with van der Waals surface area (Å²) in [5, 5.41) is 3.13. The Morgan fingerprint density at radius 3 is 2.44 bits per heavy atom. The zero-order valence-electron chi connectivity index (χ0n) is 17.5. The fraction of sp³-hybridized carbons (Fsp3) is 0.348. The van der Waals surface area contributed by atoms with Crippen LogP contribution in [0.5, 0.6) is 0 Å². The highest BCUT2D eigenvalue weighted by Gasteiger charge is 2.68. The Hall–Kier alpha value is -2.78. The molecule has 0 radical (unpaired) electrons. The first-order chi connectivity index (χ1) is 15.4. The van der Waals surface area contributed by atoms with Crippen LogP contribution in [-0.4, -0.2) is 42.4 Å². The van der Waals surface area contributed by atoms with Gasteiger partial charge in [-0.15, -0.1) is 0 Å². The van der Waals surface area contributed by atoms with Crippen molar-refractivity contribution in [3.63, 3.8) is 0 Å². The number of nitrogens with one attached hydrogen (secondary N) is 1. The van der Waals surface area contributed by atoms with Gasteiger partial charge in [0.2, 0.25) is 11.8 Å². The minimum absolute atomic E-state index is 0.194. The van der Waals surface area contributed by atoms with Gasteiger partial charge in [0.25, 0.3) is 0 Å². The van der Waals surface area contributed by atoms with Gasteiger partial charge >= 0.3 is 5.97 Å². The SMILES string of the molecule is COC(=O)[C@]1(CCSC)N[C@H](c2ccccc2F)[C@@H]2C(=O)N(c3ccc(F)cc3)C(=O)[C@H]21. The van der Waals surface area contributed by atoms with Crippen LogP contribution in [0.3, 0.4) is 0 Å². The van der Waals surface area contributed by atoms with E-state index in [1.807, 2.05) is 6.26 Å². The Balaban J connectivity index is 1.87. The third-order valence-corrected chi connectivity index (χ3v) is 6.84.